The molecule has 6 heteroatoms. The molecule has 0 spiro atoms. The topological polar surface area (TPSA) is 51.6 Å². The lowest BCUT2D eigenvalue weighted by molar-refractivity contribution is 0.171. The lowest BCUT2D eigenvalue weighted by Crippen LogP contribution is -2.02. The zero-order valence-corrected chi connectivity index (χ0v) is 13.5. The standard InChI is InChI=1S/C14H11Br2NO3/c15-10-1-8(5-17-6-10)2-12(18)9-3-11(16)14-13(4-9)19-7-20-14/h1,3-6,12,18H,2,7H2. The van der Waals surface area contributed by atoms with Gasteiger partial charge in [0.25, 0.3) is 0 Å². The highest BCUT2D eigenvalue weighted by Crippen LogP contribution is 2.41. The molecule has 1 aliphatic heterocycles. The molecule has 2 aromatic rings. The van der Waals surface area contributed by atoms with Gasteiger partial charge in [-0.05, 0) is 61.2 Å². The Balaban J connectivity index is 1.84. The SMILES string of the molecule is OC(Cc1cncc(Br)c1)c1cc(Br)c2c(c1)OCO2. The fourth-order valence-corrected chi connectivity index (χ4v) is 3.07. The van der Waals surface area contributed by atoms with Crippen molar-refractivity contribution in [3.8, 4) is 11.5 Å². The average Bonchev–Trinajstić information content (AvgIpc) is 2.87. The molecule has 2 heterocycles. The van der Waals surface area contributed by atoms with Crippen molar-refractivity contribution in [1.29, 1.82) is 0 Å². The molecule has 1 aromatic heterocycles. The van der Waals surface area contributed by atoms with E-state index >= 15 is 0 Å². The van der Waals surface area contributed by atoms with E-state index in [1.54, 1.807) is 12.4 Å². The van der Waals surface area contributed by atoms with Crippen molar-refractivity contribution in [2.75, 3.05) is 6.79 Å². The van der Waals surface area contributed by atoms with Crippen LogP contribution in [0.4, 0.5) is 0 Å². The minimum atomic E-state index is -0.628. The van der Waals surface area contributed by atoms with E-state index in [1.807, 2.05) is 18.2 Å². The van der Waals surface area contributed by atoms with Crippen molar-refractivity contribution in [3.63, 3.8) is 0 Å². The molecule has 3 rings (SSSR count). The molecule has 0 aliphatic carbocycles. The second-order valence-corrected chi connectivity index (χ2v) is 6.24. The Morgan fingerprint density at radius 2 is 2.05 bits per heavy atom. The van der Waals surface area contributed by atoms with E-state index in [0.717, 1.165) is 20.1 Å². The van der Waals surface area contributed by atoms with Crippen LogP contribution in [0.25, 0.3) is 0 Å². The van der Waals surface area contributed by atoms with E-state index in [9.17, 15) is 5.11 Å². The van der Waals surface area contributed by atoms with Gasteiger partial charge >= 0.3 is 0 Å². The van der Waals surface area contributed by atoms with Crippen LogP contribution in [-0.2, 0) is 6.42 Å². The van der Waals surface area contributed by atoms with Gasteiger partial charge in [0.1, 0.15) is 0 Å². The molecule has 1 atom stereocenters. The summed E-state index contributed by atoms with van der Waals surface area (Å²) in [5.41, 5.74) is 1.74. The Morgan fingerprint density at radius 1 is 1.20 bits per heavy atom. The zero-order chi connectivity index (χ0) is 14.1. The molecule has 0 saturated carbocycles. The summed E-state index contributed by atoms with van der Waals surface area (Å²) in [4.78, 5) is 4.09. The van der Waals surface area contributed by atoms with Gasteiger partial charge in [-0.1, -0.05) is 0 Å². The van der Waals surface area contributed by atoms with E-state index in [4.69, 9.17) is 9.47 Å². The highest BCUT2D eigenvalue weighted by molar-refractivity contribution is 9.10. The number of rotatable bonds is 3. The molecule has 1 aromatic carbocycles. The number of aliphatic hydroxyl groups is 1. The van der Waals surface area contributed by atoms with Crippen LogP contribution in [0.3, 0.4) is 0 Å². The van der Waals surface area contributed by atoms with Gasteiger partial charge in [-0.15, -0.1) is 0 Å². The van der Waals surface area contributed by atoms with Gasteiger partial charge in [-0.2, -0.15) is 0 Å². The van der Waals surface area contributed by atoms with Gasteiger partial charge in [-0.3, -0.25) is 4.98 Å². The van der Waals surface area contributed by atoms with E-state index in [1.165, 1.54) is 0 Å². The van der Waals surface area contributed by atoms with Gasteiger partial charge in [0.05, 0.1) is 10.6 Å². The quantitative estimate of drug-likeness (QED) is 0.854. The largest absolute Gasteiger partial charge is 0.454 e. The Hall–Kier alpha value is -1.11. The van der Waals surface area contributed by atoms with Crippen molar-refractivity contribution >= 4 is 31.9 Å². The number of hydrogen-bond donors (Lipinski definition) is 1. The van der Waals surface area contributed by atoms with Crippen molar-refractivity contribution in [1.82, 2.24) is 4.98 Å². The summed E-state index contributed by atoms with van der Waals surface area (Å²) in [5, 5.41) is 10.4. The summed E-state index contributed by atoms with van der Waals surface area (Å²) in [6, 6.07) is 5.60. The predicted molar refractivity (Wildman–Crippen MR) is 80.9 cm³/mol. The molecule has 0 amide bonds. The summed E-state index contributed by atoms with van der Waals surface area (Å²) in [7, 11) is 0. The predicted octanol–water partition coefficient (Wildman–Crippen LogP) is 3.61. The molecule has 4 nitrogen and oxygen atoms in total. The first-order chi connectivity index (χ1) is 9.63. The summed E-state index contributed by atoms with van der Waals surface area (Å²) >= 11 is 6.80. The van der Waals surface area contributed by atoms with E-state index < -0.39 is 6.10 Å². The Kier molecular flexibility index (Phi) is 3.96. The highest BCUT2D eigenvalue weighted by Gasteiger charge is 2.20. The van der Waals surface area contributed by atoms with Crippen molar-refractivity contribution < 1.29 is 14.6 Å². The van der Waals surface area contributed by atoms with Crippen LogP contribution in [0.5, 0.6) is 11.5 Å². The fraction of sp³-hybridized carbons (Fsp3) is 0.214. The van der Waals surface area contributed by atoms with Crippen LogP contribution in [0.1, 0.15) is 17.2 Å². The van der Waals surface area contributed by atoms with Crippen LogP contribution < -0.4 is 9.47 Å². The molecule has 1 N–H and O–H groups in total. The van der Waals surface area contributed by atoms with Crippen molar-refractivity contribution in [3.05, 3.63) is 50.7 Å². The Morgan fingerprint density at radius 3 is 2.85 bits per heavy atom. The molecule has 0 bridgehead atoms. The molecule has 0 radical (unpaired) electrons. The second-order valence-electron chi connectivity index (χ2n) is 4.47. The molecule has 104 valence electrons. The lowest BCUT2D eigenvalue weighted by Gasteiger charge is -2.12. The molecule has 0 fully saturated rings. The minimum absolute atomic E-state index is 0.211. The first-order valence-electron chi connectivity index (χ1n) is 6.00. The van der Waals surface area contributed by atoms with Crippen LogP contribution in [0.2, 0.25) is 0 Å². The highest BCUT2D eigenvalue weighted by atomic mass is 79.9. The minimum Gasteiger partial charge on any atom is -0.454 e. The maximum absolute atomic E-state index is 10.4. The smallest absolute Gasteiger partial charge is 0.231 e. The molecule has 1 unspecified atom stereocenters. The third-order valence-electron chi connectivity index (χ3n) is 3.02. The summed E-state index contributed by atoms with van der Waals surface area (Å²) in [5.74, 6) is 1.34. The number of benzene rings is 1. The van der Waals surface area contributed by atoms with Gasteiger partial charge in [0, 0.05) is 23.3 Å². The first-order valence-corrected chi connectivity index (χ1v) is 7.58. The van der Waals surface area contributed by atoms with Crippen LogP contribution in [0.15, 0.2) is 39.5 Å². The third kappa shape index (κ3) is 2.82. The Bertz CT molecular complexity index is 648. The maximum Gasteiger partial charge on any atom is 0.231 e. The Labute approximate surface area is 133 Å². The summed E-state index contributed by atoms with van der Waals surface area (Å²) in [6.07, 6.45) is 3.32. The average molecular weight is 401 g/mol. The second kappa shape index (κ2) is 5.71. The zero-order valence-electron chi connectivity index (χ0n) is 10.3. The molecule has 20 heavy (non-hydrogen) atoms. The number of aromatic nitrogens is 1. The number of fused-ring (bicyclic) bond motifs is 1. The van der Waals surface area contributed by atoms with Crippen molar-refractivity contribution in [2.45, 2.75) is 12.5 Å². The summed E-state index contributed by atoms with van der Waals surface area (Å²) in [6.45, 7) is 0.211. The number of pyridine rings is 1. The van der Waals surface area contributed by atoms with Gasteiger partial charge in [0.15, 0.2) is 11.5 Å². The number of halogens is 2. The van der Waals surface area contributed by atoms with Gasteiger partial charge < -0.3 is 14.6 Å². The lowest BCUT2D eigenvalue weighted by atomic mass is 10.0. The maximum atomic E-state index is 10.4. The van der Waals surface area contributed by atoms with Crippen LogP contribution in [0, 0.1) is 0 Å². The van der Waals surface area contributed by atoms with E-state index in [2.05, 4.69) is 36.8 Å². The van der Waals surface area contributed by atoms with E-state index in [0.29, 0.717) is 17.9 Å². The normalized spacial score (nSPS) is 14.3. The molecular weight excluding hydrogens is 390 g/mol. The number of hydrogen-bond acceptors (Lipinski definition) is 4. The molecular formula is C14H11Br2NO3. The first kappa shape index (κ1) is 13.9. The summed E-state index contributed by atoms with van der Waals surface area (Å²) < 4.78 is 12.4. The van der Waals surface area contributed by atoms with E-state index in [-0.39, 0.29) is 6.79 Å². The number of nitrogens with zero attached hydrogens (tertiary/aromatic N) is 1. The van der Waals surface area contributed by atoms with Crippen LogP contribution in [-0.4, -0.2) is 16.9 Å². The monoisotopic (exact) mass is 399 g/mol. The third-order valence-corrected chi connectivity index (χ3v) is 4.05. The number of aliphatic hydroxyl groups excluding tert-OH is 1. The van der Waals surface area contributed by atoms with Crippen molar-refractivity contribution in [2.24, 2.45) is 0 Å². The van der Waals surface area contributed by atoms with Crippen LogP contribution >= 0.6 is 31.9 Å². The van der Waals surface area contributed by atoms with Gasteiger partial charge in [0.2, 0.25) is 6.79 Å². The fourth-order valence-electron chi connectivity index (χ4n) is 2.09. The van der Waals surface area contributed by atoms with Gasteiger partial charge in [-0.25, -0.2) is 0 Å². The molecule has 0 saturated heterocycles. The number of ether oxygens (including phenoxy) is 2. The molecule has 1 aliphatic rings.